The molecule has 0 amide bonds. The van der Waals surface area contributed by atoms with Gasteiger partial charge in [0.05, 0.1) is 33.7 Å². The van der Waals surface area contributed by atoms with Gasteiger partial charge in [-0.3, -0.25) is 10.1 Å². The molecule has 0 N–H and O–H groups in total. The van der Waals surface area contributed by atoms with Crippen molar-refractivity contribution in [3.05, 3.63) is 62.1 Å². The third-order valence-corrected chi connectivity index (χ3v) is 3.46. The van der Waals surface area contributed by atoms with Crippen molar-refractivity contribution in [2.24, 2.45) is 0 Å². The Balaban J connectivity index is 2.31. The molecule has 0 spiro atoms. The van der Waals surface area contributed by atoms with E-state index in [-0.39, 0.29) is 32.8 Å². The van der Waals surface area contributed by atoms with E-state index in [1.807, 2.05) is 0 Å². The van der Waals surface area contributed by atoms with E-state index in [0.29, 0.717) is 0 Å². The number of nitrogens with zero attached hydrogens (tertiary/aromatic N) is 1. The molecule has 0 aliphatic carbocycles. The second-order valence-corrected chi connectivity index (χ2v) is 4.92. The van der Waals surface area contributed by atoms with Crippen LogP contribution in [0.4, 0.5) is 5.69 Å². The SMILES string of the molecule is COc1ccc(OC(=O)c2ccc(Cl)c(Cl)c2)c([N+](=O)[O-])c1. The largest absolute Gasteiger partial charge is 0.496 e. The smallest absolute Gasteiger partial charge is 0.343 e. The highest BCUT2D eigenvalue weighted by Gasteiger charge is 2.20. The van der Waals surface area contributed by atoms with Gasteiger partial charge in [-0.2, -0.15) is 0 Å². The predicted molar refractivity (Wildman–Crippen MR) is 81.1 cm³/mol. The monoisotopic (exact) mass is 341 g/mol. The van der Waals surface area contributed by atoms with Crippen LogP contribution in [0.5, 0.6) is 11.5 Å². The number of nitro benzene ring substituents is 1. The van der Waals surface area contributed by atoms with Gasteiger partial charge in [-0.05, 0) is 30.3 Å². The summed E-state index contributed by atoms with van der Waals surface area (Å²) in [5.41, 5.74) is -0.257. The number of nitro groups is 1. The molecule has 0 fully saturated rings. The summed E-state index contributed by atoms with van der Waals surface area (Å²) in [7, 11) is 1.38. The third kappa shape index (κ3) is 3.47. The highest BCUT2D eigenvalue weighted by atomic mass is 35.5. The van der Waals surface area contributed by atoms with E-state index in [4.69, 9.17) is 32.7 Å². The highest BCUT2D eigenvalue weighted by molar-refractivity contribution is 6.42. The molecule has 0 saturated carbocycles. The van der Waals surface area contributed by atoms with Crippen LogP contribution < -0.4 is 9.47 Å². The molecular weight excluding hydrogens is 333 g/mol. The Morgan fingerprint density at radius 2 is 1.86 bits per heavy atom. The topological polar surface area (TPSA) is 78.7 Å². The average Bonchev–Trinajstić information content (AvgIpc) is 2.50. The minimum Gasteiger partial charge on any atom is -0.496 e. The number of ether oxygens (including phenoxy) is 2. The Labute approximate surface area is 135 Å². The van der Waals surface area contributed by atoms with Crippen LogP contribution in [-0.2, 0) is 0 Å². The molecule has 22 heavy (non-hydrogen) atoms. The van der Waals surface area contributed by atoms with Gasteiger partial charge < -0.3 is 9.47 Å². The molecule has 0 aliphatic heterocycles. The Kier molecular flexibility index (Phi) is 4.85. The van der Waals surface area contributed by atoms with E-state index in [2.05, 4.69) is 0 Å². The zero-order chi connectivity index (χ0) is 16.3. The number of halogens is 2. The fourth-order valence-corrected chi connectivity index (χ4v) is 1.93. The van der Waals surface area contributed by atoms with E-state index in [1.165, 1.54) is 37.4 Å². The molecule has 0 saturated heterocycles. The van der Waals surface area contributed by atoms with Crippen molar-refractivity contribution in [1.82, 2.24) is 0 Å². The molecular formula is C14H9Cl2NO5. The van der Waals surface area contributed by atoms with Crippen molar-refractivity contribution in [1.29, 1.82) is 0 Å². The van der Waals surface area contributed by atoms with Gasteiger partial charge >= 0.3 is 11.7 Å². The maximum absolute atomic E-state index is 12.0. The molecule has 8 heteroatoms. The normalized spacial score (nSPS) is 10.1. The van der Waals surface area contributed by atoms with E-state index in [1.54, 1.807) is 0 Å². The van der Waals surface area contributed by atoms with Crippen LogP contribution in [0, 0.1) is 10.1 Å². The molecule has 6 nitrogen and oxygen atoms in total. The second kappa shape index (κ2) is 6.64. The lowest BCUT2D eigenvalue weighted by molar-refractivity contribution is -0.385. The van der Waals surface area contributed by atoms with Gasteiger partial charge in [-0.25, -0.2) is 4.79 Å². The molecule has 114 valence electrons. The predicted octanol–water partition coefficient (Wildman–Crippen LogP) is 4.13. The van der Waals surface area contributed by atoms with E-state index >= 15 is 0 Å². The van der Waals surface area contributed by atoms with Gasteiger partial charge in [0.15, 0.2) is 0 Å². The number of methoxy groups -OCH3 is 1. The maximum atomic E-state index is 12.0. The summed E-state index contributed by atoms with van der Waals surface area (Å²) in [5, 5.41) is 11.5. The second-order valence-electron chi connectivity index (χ2n) is 4.11. The first kappa shape index (κ1) is 16.1. The van der Waals surface area contributed by atoms with Crippen molar-refractivity contribution >= 4 is 34.9 Å². The summed E-state index contributed by atoms with van der Waals surface area (Å²) >= 11 is 11.6. The molecule has 2 rings (SSSR count). The van der Waals surface area contributed by atoms with Crippen LogP contribution in [0.1, 0.15) is 10.4 Å². The fraction of sp³-hybridized carbons (Fsp3) is 0.0714. The van der Waals surface area contributed by atoms with Gasteiger partial charge in [0, 0.05) is 0 Å². The minimum atomic E-state index is -0.785. The number of rotatable bonds is 4. The quantitative estimate of drug-likeness (QED) is 0.361. The number of carbonyl (C=O) groups is 1. The number of hydrogen-bond donors (Lipinski definition) is 0. The number of esters is 1. The molecule has 0 radical (unpaired) electrons. The van der Waals surface area contributed by atoms with Crippen molar-refractivity contribution in [3.8, 4) is 11.5 Å². The van der Waals surface area contributed by atoms with Gasteiger partial charge in [0.1, 0.15) is 5.75 Å². The molecule has 0 aromatic heterocycles. The van der Waals surface area contributed by atoms with Gasteiger partial charge in [-0.1, -0.05) is 23.2 Å². The number of hydrogen-bond acceptors (Lipinski definition) is 5. The fourth-order valence-electron chi connectivity index (χ4n) is 1.64. The van der Waals surface area contributed by atoms with Crippen molar-refractivity contribution in [2.75, 3.05) is 7.11 Å². The van der Waals surface area contributed by atoms with Gasteiger partial charge in [0.2, 0.25) is 5.75 Å². The Bertz CT molecular complexity index is 748. The standard InChI is InChI=1S/C14H9Cl2NO5/c1-21-9-3-5-13(12(7-9)17(19)20)22-14(18)8-2-4-10(15)11(16)6-8/h2-7H,1H3. The maximum Gasteiger partial charge on any atom is 0.343 e. The first-order valence-electron chi connectivity index (χ1n) is 5.92. The van der Waals surface area contributed by atoms with Crippen LogP contribution in [0.3, 0.4) is 0 Å². The zero-order valence-electron chi connectivity index (χ0n) is 11.2. The van der Waals surface area contributed by atoms with Crippen LogP contribution in [-0.4, -0.2) is 18.0 Å². The average molecular weight is 342 g/mol. The van der Waals surface area contributed by atoms with Crippen molar-refractivity contribution < 1.29 is 19.2 Å². The summed E-state index contributed by atoms with van der Waals surface area (Å²) in [4.78, 5) is 22.4. The summed E-state index contributed by atoms with van der Waals surface area (Å²) in [5.74, 6) is -0.699. The summed E-state index contributed by atoms with van der Waals surface area (Å²) < 4.78 is 9.95. The molecule has 2 aromatic carbocycles. The first-order chi connectivity index (χ1) is 10.4. The Hall–Kier alpha value is -2.31. The van der Waals surface area contributed by atoms with Crippen LogP contribution >= 0.6 is 23.2 Å². The third-order valence-electron chi connectivity index (χ3n) is 2.72. The minimum absolute atomic E-state index is 0.125. The van der Waals surface area contributed by atoms with Gasteiger partial charge in [0.25, 0.3) is 0 Å². The molecule has 0 unspecified atom stereocenters. The van der Waals surface area contributed by atoms with E-state index in [0.717, 1.165) is 6.07 Å². The zero-order valence-corrected chi connectivity index (χ0v) is 12.7. The first-order valence-corrected chi connectivity index (χ1v) is 6.67. The summed E-state index contributed by atoms with van der Waals surface area (Å²) in [6.45, 7) is 0. The Morgan fingerprint density at radius 3 is 2.45 bits per heavy atom. The molecule has 0 aliphatic rings. The molecule has 0 heterocycles. The van der Waals surface area contributed by atoms with Crippen LogP contribution in [0.15, 0.2) is 36.4 Å². The van der Waals surface area contributed by atoms with Gasteiger partial charge in [-0.15, -0.1) is 0 Å². The summed E-state index contributed by atoms with van der Waals surface area (Å²) in [6.07, 6.45) is 0. The highest BCUT2D eigenvalue weighted by Crippen LogP contribution is 2.32. The number of carbonyl (C=O) groups excluding carboxylic acids is 1. The van der Waals surface area contributed by atoms with E-state index < -0.39 is 10.9 Å². The van der Waals surface area contributed by atoms with E-state index in [9.17, 15) is 14.9 Å². The molecule has 0 bridgehead atoms. The van der Waals surface area contributed by atoms with Crippen molar-refractivity contribution in [2.45, 2.75) is 0 Å². The van der Waals surface area contributed by atoms with Crippen molar-refractivity contribution in [3.63, 3.8) is 0 Å². The molecule has 0 atom stereocenters. The lowest BCUT2D eigenvalue weighted by Gasteiger charge is -2.07. The Morgan fingerprint density at radius 1 is 1.14 bits per heavy atom. The number of benzene rings is 2. The van der Waals surface area contributed by atoms with Crippen LogP contribution in [0.25, 0.3) is 0 Å². The molecule has 2 aromatic rings. The van der Waals surface area contributed by atoms with Crippen LogP contribution in [0.2, 0.25) is 10.0 Å². The lowest BCUT2D eigenvalue weighted by atomic mass is 10.2. The summed E-state index contributed by atoms with van der Waals surface area (Å²) in [6, 6.07) is 8.06. The lowest BCUT2D eigenvalue weighted by Crippen LogP contribution is -2.09.